The number of nitrogens with zero attached hydrogens (tertiary/aromatic N) is 2. The summed E-state index contributed by atoms with van der Waals surface area (Å²) in [4.78, 5) is 11.9. The third kappa shape index (κ3) is 2.01. The second kappa shape index (κ2) is 3.97. The van der Waals surface area contributed by atoms with Gasteiger partial charge in [-0.2, -0.15) is 0 Å². The van der Waals surface area contributed by atoms with Crippen LogP contribution in [0.25, 0.3) is 0 Å². The van der Waals surface area contributed by atoms with Gasteiger partial charge in [-0.25, -0.2) is 4.79 Å². The number of rotatable bonds is 1. The molecule has 1 aliphatic heterocycles. The summed E-state index contributed by atoms with van der Waals surface area (Å²) in [6.07, 6.45) is 1.35. The molecule has 1 saturated heterocycles. The average Bonchev–Trinajstić information content (AvgIpc) is 2.16. The first-order valence-corrected chi connectivity index (χ1v) is 4.13. The molecule has 1 amide bonds. The molecule has 6 heteroatoms. The lowest BCUT2D eigenvalue weighted by atomic mass is 10.0. The Morgan fingerprint density at radius 3 is 2.77 bits per heavy atom. The smallest absolute Gasteiger partial charge is 0.407 e. The molecular weight excluding hydrogens is 174 g/mol. The molecule has 1 rings (SSSR count). The lowest BCUT2D eigenvalue weighted by Gasteiger charge is -2.32. The van der Waals surface area contributed by atoms with Crippen molar-refractivity contribution in [3.63, 3.8) is 0 Å². The van der Waals surface area contributed by atoms with Crippen LogP contribution in [0.1, 0.15) is 19.3 Å². The highest BCUT2D eigenvalue weighted by atomic mass is 16.4. The van der Waals surface area contributed by atoms with Gasteiger partial charge >= 0.3 is 6.09 Å². The molecule has 74 valence electrons. The molecule has 1 heterocycles. The van der Waals surface area contributed by atoms with Gasteiger partial charge in [-0.15, -0.1) is 0 Å². The lowest BCUT2D eigenvalue weighted by molar-refractivity contribution is 0.122. The topological polar surface area (TPSA) is 99.2 Å². The van der Waals surface area contributed by atoms with Crippen molar-refractivity contribution in [1.29, 1.82) is 0 Å². The zero-order valence-electron chi connectivity index (χ0n) is 7.18. The van der Waals surface area contributed by atoms with E-state index in [1.807, 2.05) is 0 Å². The minimum absolute atomic E-state index is 0.0258. The first-order chi connectivity index (χ1) is 6.16. The summed E-state index contributed by atoms with van der Waals surface area (Å²) in [6, 6.07) is -0.462. The normalized spacial score (nSPS) is 24.5. The Labute approximate surface area is 75.6 Å². The summed E-state index contributed by atoms with van der Waals surface area (Å²) in [7, 11) is 0. The zero-order chi connectivity index (χ0) is 9.84. The molecular formula is C7H13N3O3. The number of hydrogen-bond acceptors (Lipinski definition) is 3. The third-order valence-electron chi connectivity index (χ3n) is 2.21. The Kier molecular flexibility index (Phi) is 2.94. The largest absolute Gasteiger partial charge is 0.465 e. The van der Waals surface area contributed by atoms with Crippen molar-refractivity contribution in [2.24, 2.45) is 10.9 Å². The molecule has 1 atom stereocenters. The SMILES string of the molecule is NC(=NO)[C@@H]1CCCCN1C(=O)O. The number of hydrogen-bond donors (Lipinski definition) is 3. The van der Waals surface area contributed by atoms with E-state index < -0.39 is 12.1 Å². The van der Waals surface area contributed by atoms with Crippen molar-refractivity contribution in [3.8, 4) is 0 Å². The van der Waals surface area contributed by atoms with Crippen LogP contribution in [0, 0.1) is 0 Å². The van der Waals surface area contributed by atoms with Crippen LogP contribution in [-0.2, 0) is 0 Å². The standard InChI is InChI=1S/C7H13N3O3/c8-6(9-13)5-3-1-2-4-10(5)7(11)12/h5,13H,1-4H2,(H2,8,9)(H,11,12)/t5-/m0/s1. The van der Waals surface area contributed by atoms with E-state index in [4.69, 9.17) is 16.0 Å². The molecule has 13 heavy (non-hydrogen) atoms. The molecule has 4 N–H and O–H groups in total. The number of carboxylic acid groups (broad SMARTS) is 1. The number of amidine groups is 1. The number of oxime groups is 1. The van der Waals surface area contributed by atoms with Gasteiger partial charge in [0.05, 0.1) is 6.04 Å². The second-order valence-corrected chi connectivity index (χ2v) is 3.01. The minimum atomic E-state index is -1.02. The molecule has 0 spiro atoms. The first-order valence-electron chi connectivity index (χ1n) is 4.13. The lowest BCUT2D eigenvalue weighted by Crippen LogP contribution is -2.50. The van der Waals surface area contributed by atoms with Gasteiger partial charge in [-0.3, -0.25) is 4.90 Å². The molecule has 1 fully saturated rings. The molecule has 1 aliphatic rings. The number of nitrogens with two attached hydrogens (primary N) is 1. The van der Waals surface area contributed by atoms with Crippen LogP contribution in [-0.4, -0.2) is 39.7 Å². The summed E-state index contributed by atoms with van der Waals surface area (Å²) >= 11 is 0. The summed E-state index contributed by atoms with van der Waals surface area (Å²) < 4.78 is 0. The van der Waals surface area contributed by atoms with Crippen molar-refractivity contribution in [2.45, 2.75) is 25.3 Å². The Bertz CT molecular complexity index is 229. The van der Waals surface area contributed by atoms with Crippen LogP contribution in [0.15, 0.2) is 5.16 Å². The molecule has 6 nitrogen and oxygen atoms in total. The molecule has 0 aliphatic carbocycles. The summed E-state index contributed by atoms with van der Waals surface area (Å²) in [5, 5.41) is 20.1. The maximum absolute atomic E-state index is 10.7. The van der Waals surface area contributed by atoms with Crippen molar-refractivity contribution in [3.05, 3.63) is 0 Å². The molecule has 0 unspecified atom stereocenters. The molecule has 0 aromatic carbocycles. The van der Waals surface area contributed by atoms with Gasteiger partial charge in [-0.1, -0.05) is 5.16 Å². The second-order valence-electron chi connectivity index (χ2n) is 3.01. The van der Waals surface area contributed by atoms with E-state index in [2.05, 4.69) is 5.16 Å². The van der Waals surface area contributed by atoms with E-state index in [1.54, 1.807) is 0 Å². The maximum atomic E-state index is 10.7. The Morgan fingerprint density at radius 1 is 1.54 bits per heavy atom. The van der Waals surface area contributed by atoms with Crippen molar-refractivity contribution >= 4 is 11.9 Å². The summed E-state index contributed by atoms with van der Waals surface area (Å²) in [5.41, 5.74) is 5.37. The highest BCUT2D eigenvalue weighted by molar-refractivity contribution is 5.88. The van der Waals surface area contributed by atoms with Crippen molar-refractivity contribution in [2.75, 3.05) is 6.54 Å². The summed E-state index contributed by atoms with van der Waals surface area (Å²) in [5.74, 6) is -0.0258. The first kappa shape index (κ1) is 9.63. The quantitative estimate of drug-likeness (QED) is 0.237. The van der Waals surface area contributed by atoms with E-state index in [0.29, 0.717) is 13.0 Å². The van der Waals surface area contributed by atoms with Crippen LogP contribution >= 0.6 is 0 Å². The fraction of sp³-hybridized carbons (Fsp3) is 0.714. The van der Waals surface area contributed by atoms with E-state index in [0.717, 1.165) is 12.8 Å². The highest BCUT2D eigenvalue weighted by Crippen LogP contribution is 2.16. The average molecular weight is 187 g/mol. The van der Waals surface area contributed by atoms with Crippen molar-refractivity contribution in [1.82, 2.24) is 4.90 Å². The molecule has 0 aromatic rings. The van der Waals surface area contributed by atoms with Crippen LogP contribution in [0.2, 0.25) is 0 Å². The molecule has 0 bridgehead atoms. The Balaban J connectivity index is 2.73. The predicted octanol–water partition coefficient (Wildman–Crippen LogP) is 0.265. The van der Waals surface area contributed by atoms with Crippen molar-refractivity contribution < 1.29 is 15.1 Å². The van der Waals surface area contributed by atoms with E-state index in [-0.39, 0.29) is 5.84 Å². The van der Waals surface area contributed by atoms with Crippen LogP contribution in [0.3, 0.4) is 0 Å². The fourth-order valence-corrected chi connectivity index (χ4v) is 1.53. The van der Waals surface area contributed by atoms with Gasteiger partial charge in [0.2, 0.25) is 0 Å². The Morgan fingerprint density at radius 2 is 2.23 bits per heavy atom. The van der Waals surface area contributed by atoms with Gasteiger partial charge in [-0.05, 0) is 19.3 Å². The van der Waals surface area contributed by atoms with Crippen LogP contribution in [0.5, 0.6) is 0 Å². The van der Waals surface area contributed by atoms with Gasteiger partial charge in [0.25, 0.3) is 0 Å². The van der Waals surface area contributed by atoms with E-state index in [1.165, 1.54) is 4.90 Å². The third-order valence-corrected chi connectivity index (χ3v) is 2.21. The Hall–Kier alpha value is -1.46. The number of piperidine rings is 1. The highest BCUT2D eigenvalue weighted by Gasteiger charge is 2.29. The molecule has 0 aromatic heterocycles. The molecule has 0 radical (unpaired) electrons. The zero-order valence-corrected chi connectivity index (χ0v) is 7.18. The van der Waals surface area contributed by atoms with E-state index >= 15 is 0 Å². The van der Waals surface area contributed by atoms with Gasteiger partial charge in [0, 0.05) is 6.54 Å². The number of carbonyl (C=O) groups is 1. The predicted molar refractivity (Wildman–Crippen MR) is 45.8 cm³/mol. The van der Waals surface area contributed by atoms with Gasteiger partial charge < -0.3 is 16.0 Å². The van der Waals surface area contributed by atoms with Gasteiger partial charge in [0.15, 0.2) is 5.84 Å². The van der Waals surface area contributed by atoms with Crippen LogP contribution in [0.4, 0.5) is 4.79 Å². The van der Waals surface area contributed by atoms with Crippen LogP contribution < -0.4 is 5.73 Å². The number of likely N-dealkylation sites (tertiary alicyclic amines) is 1. The molecule has 0 saturated carbocycles. The minimum Gasteiger partial charge on any atom is -0.465 e. The maximum Gasteiger partial charge on any atom is 0.407 e. The monoisotopic (exact) mass is 187 g/mol. The number of amides is 1. The summed E-state index contributed by atoms with van der Waals surface area (Å²) in [6.45, 7) is 0.455. The fourth-order valence-electron chi connectivity index (χ4n) is 1.53. The van der Waals surface area contributed by atoms with E-state index in [9.17, 15) is 4.79 Å². The van der Waals surface area contributed by atoms with Gasteiger partial charge in [0.1, 0.15) is 0 Å².